The summed E-state index contributed by atoms with van der Waals surface area (Å²) in [5.41, 5.74) is 0.892. The number of aromatic nitrogens is 1. The molecule has 3 rings (SSSR count). The van der Waals surface area contributed by atoms with E-state index in [-0.39, 0.29) is 11.8 Å². The molecule has 0 N–H and O–H groups in total. The number of piperidine rings is 1. The summed E-state index contributed by atoms with van der Waals surface area (Å²) in [6.45, 7) is 8.67. The highest BCUT2D eigenvalue weighted by molar-refractivity contribution is 7.09. The number of rotatable bonds is 9. The molecule has 1 aliphatic rings. The molecular weight excluding hydrogens is 441 g/mol. The van der Waals surface area contributed by atoms with E-state index in [4.69, 9.17) is 27.9 Å². The van der Waals surface area contributed by atoms with E-state index < -0.39 is 0 Å². The number of benzene rings is 1. The topological polar surface area (TPSA) is 45.7 Å². The lowest BCUT2D eigenvalue weighted by atomic mass is 10.1. The summed E-state index contributed by atoms with van der Waals surface area (Å²) >= 11 is 13.7. The Labute approximate surface area is 192 Å². The van der Waals surface area contributed by atoms with Crippen molar-refractivity contribution in [3.63, 3.8) is 0 Å². The van der Waals surface area contributed by atoms with Gasteiger partial charge in [-0.25, -0.2) is 4.98 Å². The van der Waals surface area contributed by atoms with E-state index in [0.717, 1.165) is 36.9 Å². The van der Waals surface area contributed by atoms with Gasteiger partial charge in [0.1, 0.15) is 17.4 Å². The van der Waals surface area contributed by atoms with E-state index in [1.54, 1.807) is 18.2 Å². The fourth-order valence-electron chi connectivity index (χ4n) is 3.49. The SMILES string of the molecule is CC(C)C(=O)N(CCN1CCCCC1)Cc1csc(COc2cc(Cl)ccc2Cl)n1. The third-order valence-electron chi connectivity index (χ3n) is 5.14. The van der Waals surface area contributed by atoms with Gasteiger partial charge in [0.05, 0.1) is 17.3 Å². The number of thiazole rings is 1. The quantitative estimate of drug-likeness (QED) is 0.486. The van der Waals surface area contributed by atoms with Crippen LogP contribution in [0, 0.1) is 5.92 Å². The molecule has 2 heterocycles. The van der Waals surface area contributed by atoms with Crippen LogP contribution in [0.4, 0.5) is 0 Å². The number of halogens is 2. The molecule has 164 valence electrons. The molecular formula is C22H29Cl2N3O2S. The summed E-state index contributed by atoms with van der Waals surface area (Å²) in [4.78, 5) is 21.8. The number of amides is 1. The largest absolute Gasteiger partial charge is 0.485 e. The first-order valence-electron chi connectivity index (χ1n) is 10.4. The third kappa shape index (κ3) is 6.84. The second-order valence-corrected chi connectivity index (χ2v) is 9.70. The molecule has 2 aromatic rings. The Hall–Kier alpha value is -1.34. The molecule has 0 bridgehead atoms. The highest BCUT2D eigenvalue weighted by atomic mass is 35.5. The minimum Gasteiger partial charge on any atom is -0.485 e. The standard InChI is InChI=1S/C22H29Cl2N3O2S/c1-16(2)22(28)27(11-10-26-8-4-3-5-9-26)13-18-15-30-21(25-18)14-29-20-12-17(23)6-7-19(20)24/h6-7,12,15-16H,3-5,8-11,13-14H2,1-2H3. The van der Waals surface area contributed by atoms with Gasteiger partial charge in [0, 0.05) is 35.5 Å². The van der Waals surface area contributed by atoms with Crippen molar-refractivity contribution in [3.05, 3.63) is 44.3 Å². The Balaban J connectivity index is 1.58. The van der Waals surface area contributed by atoms with Crippen molar-refractivity contribution >= 4 is 40.4 Å². The van der Waals surface area contributed by atoms with Crippen LogP contribution in [0.5, 0.6) is 5.75 Å². The van der Waals surface area contributed by atoms with Crippen LogP contribution < -0.4 is 4.74 Å². The molecule has 0 spiro atoms. The Kier molecular flexibility index (Phi) is 8.81. The second kappa shape index (κ2) is 11.3. The predicted octanol–water partition coefficient (Wildman–Crippen LogP) is 5.50. The van der Waals surface area contributed by atoms with E-state index >= 15 is 0 Å². The van der Waals surface area contributed by atoms with Crippen LogP contribution >= 0.6 is 34.5 Å². The molecule has 0 atom stereocenters. The molecule has 0 radical (unpaired) electrons. The molecule has 0 aliphatic carbocycles. The summed E-state index contributed by atoms with van der Waals surface area (Å²) in [7, 11) is 0. The van der Waals surface area contributed by atoms with Crippen LogP contribution in [0.3, 0.4) is 0 Å². The van der Waals surface area contributed by atoms with Crippen LogP contribution in [0.2, 0.25) is 10.0 Å². The van der Waals surface area contributed by atoms with Gasteiger partial charge in [0.15, 0.2) is 0 Å². The van der Waals surface area contributed by atoms with Crippen molar-refractivity contribution < 1.29 is 9.53 Å². The van der Waals surface area contributed by atoms with E-state index in [0.29, 0.717) is 28.9 Å². The maximum atomic E-state index is 12.7. The first kappa shape index (κ1) is 23.3. The Morgan fingerprint density at radius 2 is 2.03 bits per heavy atom. The van der Waals surface area contributed by atoms with E-state index in [9.17, 15) is 4.79 Å². The van der Waals surface area contributed by atoms with Crippen molar-refractivity contribution in [1.29, 1.82) is 0 Å². The summed E-state index contributed by atoms with van der Waals surface area (Å²) < 4.78 is 5.78. The molecule has 1 aromatic carbocycles. The monoisotopic (exact) mass is 469 g/mol. The van der Waals surface area contributed by atoms with Crippen molar-refractivity contribution in [2.75, 3.05) is 26.2 Å². The van der Waals surface area contributed by atoms with Crippen LogP contribution in [-0.4, -0.2) is 46.9 Å². The fourth-order valence-corrected chi connectivity index (χ4v) is 4.52. The number of carbonyl (C=O) groups excluding carboxylic acids is 1. The van der Waals surface area contributed by atoms with Gasteiger partial charge in [-0.1, -0.05) is 43.5 Å². The van der Waals surface area contributed by atoms with Crippen LogP contribution in [-0.2, 0) is 17.9 Å². The lowest BCUT2D eigenvalue weighted by Gasteiger charge is -2.30. The number of ether oxygens (including phenoxy) is 1. The summed E-state index contributed by atoms with van der Waals surface area (Å²) in [5, 5.41) is 3.93. The van der Waals surface area contributed by atoms with Gasteiger partial charge in [-0.05, 0) is 38.1 Å². The summed E-state index contributed by atoms with van der Waals surface area (Å²) in [6.07, 6.45) is 3.82. The zero-order valence-electron chi connectivity index (χ0n) is 17.6. The van der Waals surface area contributed by atoms with Gasteiger partial charge < -0.3 is 14.5 Å². The van der Waals surface area contributed by atoms with Crippen LogP contribution in [0.25, 0.3) is 0 Å². The van der Waals surface area contributed by atoms with Crippen LogP contribution in [0.1, 0.15) is 43.8 Å². The van der Waals surface area contributed by atoms with E-state index in [1.165, 1.54) is 30.6 Å². The molecule has 1 fully saturated rings. The van der Waals surface area contributed by atoms with Gasteiger partial charge in [0.25, 0.3) is 0 Å². The van der Waals surface area contributed by atoms with Crippen molar-refractivity contribution in [1.82, 2.24) is 14.8 Å². The summed E-state index contributed by atoms with van der Waals surface area (Å²) in [5.74, 6) is 0.681. The van der Waals surface area contributed by atoms with E-state index in [2.05, 4.69) is 9.88 Å². The van der Waals surface area contributed by atoms with Gasteiger partial charge in [0.2, 0.25) is 5.91 Å². The average Bonchev–Trinajstić information content (AvgIpc) is 3.19. The van der Waals surface area contributed by atoms with Gasteiger partial charge in [-0.3, -0.25) is 4.79 Å². The highest BCUT2D eigenvalue weighted by Crippen LogP contribution is 2.28. The molecule has 0 unspecified atom stereocenters. The first-order valence-corrected chi connectivity index (χ1v) is 12.1. The molecule has 1 saturated heterocycles. The fraction of sp³-hybridized carbons (Fsp3) is 0.545. The number of hydrogen-bond acceptors (Lipinski definition) is 5. The van der Waals surface area contributed by atoms with E-state index in [1.807, 2.05) is 24.1 Å². The molecule has 5 nitrogen and oxygen atoms in total. The van der Waals surface area contributed by atoms with Crippen molar-refractivity contribution in [3.8, 4) is 5.75 Å². The number of likely N-dealkylation sites (tertiary alicyclic amines) is 1. The normalized spacial score (nSPS) is 14.8. The Morgan fingerprint density at radius 3 is 2.77 bits per heavy atom. The highest BCUT2D eigenvalue weighted by Gasteiger charge is 2.20. The number of hydrogen-bond donors (Lipinski definition) is 0. The average molecular weight is 470 g/mol. The molecule has 1 aromatic heterocycles. The maximum absolute atomic E-state index is 12.7. The minimum absolute atomic E-state index is 0.0298. The third-order valence-corrected chi connectivity index (χ3v) is 6.56. The Bertz CT molecular complexity index is 838. The summed E-state index contributed by atoms with van der Waals surface area (Å²) in [6, 6.07) is 5.13. The molecule has 8 heteroatoms. The molecule has 0 saturated carbocycles. The van der Waals surface area contributed by atoms with Gasteiger partial charge >= 0.3 is 0 Å². The Morgan fingerprint density at radius 1 is 1.27 bits per heavy atom. The predicted molar refractivity (Wildman–Crippen MR) is 123 cm³/mol. The minimum atomic E-state index is -0.0298. The molecule has 30 heavy (non-hydrogen) atoms. The molecule has 1 amide bonds. The van der Waals surface area contributed by atoms with Gasteiger partial charge in [-0.2, -0.15) is 0 Å². The lowest BCUT2D eigenvalue weighted by molar-refractivity contribution is -0.135. The zero-order valence-corrected chi connectivity index (χ0v) is 19.9. The number of nitrogens with zero attached hydrogens (tertiary/aromatic N) is 3. The van der Waals surface area contributed by atoms with Gasteiger partial charge in [-0.15, -0.1) is 11.3 Å². The van der Waals surface area contributed by atoms with Crippen molar-refractivity contribution in [2.24, 2.45) is 5.92 Å². The smallest absolute Gasteiger partial charge is 0.225 e. The maximum Gasteiger partial charge on any atom is 0.225 e. The van der Waals surface area contributed by atoms with Crippen molar-refractivity contribution in [2.45, 2.75) is 46.3 Å². The lowest BCUT2D eigenvalue weighted by Crippen LogP contribution is -2.41. The first-order chi connectivity index (χ1) is 14.4. The molecule has 1 aliphatic heterocycles. The number of carbonyl (C=O) groups is 1. The van der Waals surface area contributed by atoms with Crippen LogP contribution in [0.15, 0.2) is 23.6 Å². The zero-order chi connectivity index (χ0) is 21.5. The second-order valence-electron chi connectivity index (χ2n) is 7.91.